The van der Waals surface area contributed by atoms with Crippen LogP contribution in [0.25, 0.3) is 0 Å². The van der Waals surface area contributed by atoms with Crippen LogP contribution in [-0.2, 0) is 4.79 Å². The third-order valence-corrected chi connectivity index (χ3v) is 4.01. The molecule has 2 aromatic carbocycles. The first-order valence-corrected chi connectivity index (χ1v) is 7.29. The molecule has 1 aliphatic rings. The van der Waals surface area contributed by atoms with Crippen molar-refractivity contribution < 1.29 is 19.1 Å². The molecule has 0 fully saturated rings. The summed E-state index contributed by atoms with van der Waals surface area (Å²) < 4.78 is 10.4. The summed E-state index contributed by atoms with van der Waals surface area (Å²) in [5.41, 5.74) is 2.15. The summed E-state index contributed by atoms with van der Waals surface area (Å²) in [5.74, 6) is 0.359. The van der Waals surface area contributed by atoms with Crippen molar-refractivity contribution in [2.75, 3.05) is 19.5 Å². The minimum atomic E-state index is -0.452. The number of ketones is 1. The first-order valence-electron chi connectivity index (χ1n) is 7.29. The van der Waals surface area contributed by atoms with Gasteiger partial charge < -0.3 is 14.8 Å². The Balaban J connectivity index is 1.84. The fourth-order valence-corrected chi connectivity index (χ4v) is 2.79. The van der Waals surface area contributed by atoms with Crippen LogP contribution in [0.4, 0.5) is 5.69 Å². The van der Waals surface area contributed by atoms with Gasteiger partial charge in [0.05, 0.1) is 20.1 Å². The van der Waals surface area contributed by atoms with E-state index in [9.17, 15) is 9.59 Å². The maximum Gasteiger partial charge on any atom is 0.232 e. The molecule has 23 heavy (non-hydrogen) atoms. The summed E-state index contributed by atoms with van der Waals surface area (Å²) in [6.45, 7) is 0. The van der Waals surface area contributed by atoms with Crippen LogP contribution >= 0.6 is 0 Å². The molecule has 0 radical (unpaired) electrons. The Bertz CT molecular complexity index is 769. The van der Waals surface area contributed by atoms with Gasteiger partial charge in [0, 0.05) is 17.7 Å². The van der Waals surface area contributed by atoms with Gasteiger partial charge in [0.25, 0.3) is 0 Å². The summed E-state index contributed by atoms with van der Waals surface area (Å²) in [7, 11) is 3.06. The third-order valence-electron chi connectivity index (χ3n) is 4.01. The molecule has 2 aromatic rings. The second kappa shape index (κ2) is 6.12. The van der Waals surface area contributed by atoms with Crippen molar-refractivity contribution in [3.05, 3.63) is 53.6 Å². The highest BCUT2D eigenvalue weighted by atomic mass is 16.5. The van der Waals surface area contributed by atoms with Crippen molar-refractivity contribution in [3.8, 4) is 11.5 Å². The van der Waals surface area contributed by atoms with E-state index in [0.717, 1.165) is 11.3 Å². The minimum absolute atomic E-state index is 0.109. The topological polar surface area (TPSA) is 64.6 Å². The summed E-state index contributed by atoms with van der Waals surface area (Å²) in [5, 5.41) is 2.81. The van der Waals surface area contributed by atoms with Gasteiger partial charge in [-0.15, -0.1) is 0 Å². The molecule has 1 N–H and O–H groups in total. The van der Waals surface area contributed by atoms with E-state index < -0.39 is 5.92 Å². The van der Waals surface area contributed by atoms with Gasteiger partial charge in [0.2, 0.25) is 5.91 Å². The molecule has 5 nitrogen and oxygen atoms in total. The number of nitrogens with one attached hydrogen (secondary N) is 1. The molecule has 1 unspecified atom stereocenters. The molecule has 1 atom stereocenters. The number of benzene rings is 2. The second-order valence-corrected chi connectivity index (χ2v) is 5.33. The van der Waals surface area contributed by atoms with E-state index >= 15 is 0 Å². The summed E-state index contributed by atoms with van der Waals surface area (Å²) in [6, 6.07) is 12.5. The Labute approximate surface area is 134 Å². The van der Waals surface area contributed by atoms with Crippen molar-refractivity contribution in [3.63, 3.8) is 0 Å². The normalized spacial score (nSPS) is 15.7. The SMILES string of the molecule is COc1ccc(C(=O)CC2C(=O)Nc3ccccc32)cc1OC. The Morgan fingerprint density at radius 1 is 1.09 bits per heavy atom. The Kier molecular flexibility index (Phi) is 4.02. The number of methoxy groups -OCH3 is 2. The number of hydrogen-bond donors (Lipinski definition) is 1. The molecule has 118 valence electrons. The monoisotopic (exact) mass is 311 g/mol. The minimum Gasteiger partial charge on any atom is -0.493 e. The molecule has 0 aromatic heterocycles. The third kappa shape index (κ3) is 2.77. The lowest BCUT2D eigenvalue weighted by molar-refractivity contribution is -0.117. The van der Waals surface area contributed by atoms with E-state index in [-0.39, 0.29) is 18.1 Å². The molecule has 0 spiro atoms. The van der Waals surface area contributed by atoms with E-state index in [2.05, 4.69) is 5.32 Å². The summed E-state index contributed by atoms with van der Waals surface area (Å²) >= 11 is 0. The van der Waals surface area contributed by atoms with Crippen LogP contribution < -0.4 is 14.8 Å². The summed E-state index contributed by atoms with van der Waals surface area (Å²) in [6.07, 6.45) is 0.123. The van der Waals surface area contributed by atoms with Crippen molar-refractivity contribution in [1.82, 2.24) is 0 Å². The van der Waals surface area contributed by atoms with Gasteiger partial charge in [0.1, 0.15) is 0 Å². The Morgan fingerprint density at radius 2 is 1.83 bits per heavy atom. The van der Waals surface area contributed by atoms with Crippen LogP contribution in [0, 0.1) is 0 Å². The number of hydrogen-bond acceptors (Lipinski definition) is 4. The molecule has 0 saturated heterocycles. The number of anilines is 1. The molecular formula is C18H17NO4. The van der Waals surface area contributed by atoms with E-state index in [4.69, 9.17) is 9.47 Å². The highest BCUT2D eigenvalue weighted by Gasteiger charge is 2.32. The zero-order valence-corrected chi connectivity index (χ0v) is 13.0. The van der Waals surface area contributed by atoms with Crippen molar-refractivity contribution in [2.45, 2.75) is 12.3 Å². The smallest absolute Gasteiger partial charge is 0.232 e. The van der Waals surface area contributed by atoms with Crippen LogP contribution in [0.15, 0.2) is 42.5 Å². The van der Waals surface area contributed by atoms with Crippen LogP contribution in [0.2, 0.25) is 0 Å². The van der Waals surface area contributed by atoms with Crippen molar-refractivity contribution in [2.24, 2.45) is 0 Å². The van der Waals surface area contributed by atoms with E-state index in [1.807, 2.05) is 24.3 Å². The van der Waals surface area contributed by atoms with E-state index in [1.165, 1.54) is 7.11 Å². The highest BCUT2D eigenvalue weighted by Crippen LogP contribution is 2.36. The van der Waals surface area contributed by atoms with Gasteiger partial charge in [-0.05, 0) is 29.8 Å². The van der Waals surface area contributed by atoms with Gasteiger partial charge in [0.15, 0.2) is 17.3 Å². The lowest BCUT2D eigenvalue weighted by Gasteiger charge is -2.11. The number of rotatable bonds is 5. The largest absolute Gasteiger partial charge is 0.493 e. The lowest BCUT2D eigenvalue weighted by atomic mass is 9.92. The number of para-hydroxylation sites is 1. The van der Waals surface area contributed by atoms with Crippen LogP contribution in [0.3, 0.4) is 0 Å². The van der Waals surface area contributed by atoms with E-state index in [0.29, 0.717) is 17.1 Å². The molecule has 0 bridgehead atoms. The molecule has 0 aliphatic carbocycles. The molecule has 1 heterocycles. The Hall–Kier alpha value is -2.82. The van der Waals surface area contributed by atoms with Gasteiger partial charge >= 0.3 is 0 Å². The average molecular weight is 311 g/mol. The molecule has 0 saturated carbocycles. The van der Waals surface area contributed by atoms with Crippen LogP contribution in [-0.4, -0.2) is 25.9 Å². The number of fused-ring (bicyclic) bond motifs is 1. The van der Waals surface area contributed by atoms with Gasteiger partial charge in [-0.2, -0.15) is 0 Å². The highest BCUT2D eigenvalue weighted by molar-refractivity contribution is 6.07. The first-order chi connectivity index (χ1) is 11.1. The van der Waals surface area contributed by atoms with Gasteiger partial charge in [-0.25, -0.2) is 0 Å². The maximum atomic E-state index is 12.5. The first kappa shape index (κ1) is 15.1. The number of carbonyl (C=O) groups excluding carboxylic acids is 2. The second-order valence-electron chi connectivity index (χ2n) is 5.33. The number of amides is 1. The molecule has 3 rings (SSSR count). The fraction of sp³-hybridized carbons (Fsp3) is 0.222. The zero-order valence-electron chi connectivity index (χ0n) is 13.0. The fourth-order valence-electron chi connectivity index (χ4n) is 2.79. The number of carbonyl (C=O) groups is 2. The van der Waals surface area contributed by atoms with Gasteiger partial charge in [-0.3, -0.25) is 9.59 Å². The van der Waals surface area contributed by atoms with Crippen LogP contribution in [0.5, 0.6) is 11.5 Å². The van der Waals surface area contributed by atoms with E-state index in [1.54, 1.807) is 25.3 Å². The summed E-state index contributed by atoms with van der Waals surface area (Å²) in [4.78, 5) is 24.7. The average Bonchev–Trinajstić information content (AvgIpc) is 2.89. The maximum absolute atomic E-state index is 12.5. The van der Waals surface area contributed by atoms with Gasteiger partial charge in [-0.1, -0.05) is 18.2 Å². The Morgan fingerprint density at radius 3 is 2.57 bits per heavy atom. The van der Waals surface area contributed by atoms with Crippen molar-refractivity contribution >= 4 is 17.4 Å². The molecule has 1 aliphatic heterocycles. The predicted molar refractivity (Wildman–Crippen MR) is 86.3 cm³/mol. The predicted octanol–water partition coefficient (Wildman–Crippen LogP) is 3.01. The molecular weight excluding hydrogens is 294 g/mol. The van der Waals surface area contributed by atoms with Crippen LogP contribution in [0.1, 0.15) is 28.3 Å². The number of ether oxygens (including phenoxy) is 2. The lowest BCUT2D eigenvalue weighted by Crippen LogP contribution is -2.16. The zero-order chi connectivity index (χ0) is 16.4. The molecule has 1 amide bonds. The quantitative estimate of drug-likeness (QED) is 0.862. The standard InChI is InChI=1S/C18H17NO4/c1-22-16-8-7-11(9-17(16)23-2)15(20)10-13-12-5-3-4-6-14(12)19-18(13)21/h3-9,13H,10H2,1-2H3,(H,19,21). The number of Topliss-reactive ketones (excluding diaryl/α,β-unsaturated/α-hetero) is 1. The van der Waals surface area contributed by atoms with Crippen molar-refractivity contribution in [1.29, 1.82) is 0 Å². The molecule has 5 heteroatoms.